The summed E-state index contributed by atoms with van der Waals surface area (Å²) in [7, 11) is 0. The highest BCUT2D eigenvalue weighted by atomic mass is 32.2. The van der Waals surface area contributed by atoms with E-state index in [2.05, 4.69) is 16.9 Å². The Labute approximate surface area is 65.7 Å². The number of rotatable bonds is 3. The first-order valence-electron chi connectivity index (χ1n) is 3.28. The highest BCUT2D eigenvalue weighted by Gasteiger charge is 2.12. The van der Waals surface area contributed by atoms with Gasteiger partial charge < -0.3 is 0 Å². The van der Waals surface area contributed by atoms with Crippen LogP contribution in [0, 0.1) is 0 Å². The first-order chi connectivity index (χ1) is 4.43. The van der Waals surface area contributed by atoms with Gasteiger partial charge in [-0.2, -0.15) is 0 Å². The van der Waals surface area contributed by atoms with Crippen molar-refractivity contribution in [3.05, 3.63) is 0 Å². The van der Waals surface area contributed by atoms with E-state index in [0.29, 0.717) is 0 Å². The minimum Gasteiger partial charge on any atom is -0.257 e. The van der Waals surface area contributed by atoms with Crippen LogP contribution in [-0.4, -0.2) is 10.7 Å². The zero-order valence-corrected chi connectivity index (χ0v) is 6.93. The SMILES string of the molecule is S=CSNC1CCCC1. The Kier molecular flexibility index (Phi) is 3.55. The third-order valence-electron chi connectivity index (χ3n) is 1.64. The van der Waals surface area contributed by atoms with Crippen molar-refractivity contribution in [1.82, 2.24) is 4.72 Å². The lowest BCUT2D eigenvalue weighted by molar-refractivity contribution is 0.660. The zero-order valence-electron chi connectivity index (χ0n) is 5.30. The third kappa shape index (κ3) is 2.65. The van der Waals surface area contributed by atoms with E-state index in [1.165, 1.54) is 25.7 Å². The molecule has 0 unspecified atom stereocenters. The summed E-state index contributed by atoms with van der Waals surface area (Å²) in [4.78, 5) is 0. The lowest BCUT2D eigenvalue weighted by Crippen LogP contribution is -2.17. The standard InChI is InChI=1S/C6H11NS2/c8-5-9-7-6-3-1-2-4-6/h5-7H,1-4H2. The van der Waals surface area contributed by atoms with E-state index in [0.717, 1.165) is 6.04 Å². The molecule has 1 saturated carbocycles. The molecule has 0 aromatic rings. The first-order valence-corrected chi connectivity index (χ1v) is 4.63. The molecule has 1 fully saturated rings. The predicted octanol–water partition coefficient (Wildman–Crippen LogP) is 2.12. The van der Waals surface area contributed by atoms with Crippen LogP contribution in [0.25, 0.3) is 0 Å². The summed E-state index contributed by atoms with van der Waals surface area (Å²) >= 11 is 6.21. The Morgan fingerprint density at radius 2 is 2.11 bits per heavy atom. The Morgan fingerprint density at radius 1 is 1.44 bits per heavy atom. The summed E-state index contributed by atoms with van der Waals surface area (Å²) in [5.41, 5.74) is 0. The van der Waals surface area contributed by atoms with E-state index in [-0.39, 0.29) is 0 Å². The van der Waals surface area contributed by atoms with Gasteiger partial charge in [0.2, 0.25) is 0 Å². The average Bonchev–Trinajstić information content (AvgIpc) is 2.34. The summed E-state index contributed by atoms with van der Waals surface area (Å²) in [6.07, 6.45) is 5.43. The summed E-state index contributed by atoms with van der Waals surface area (Å²) in [5, 5.41) is 0. The van der Waals surface area contributed by atoms with Crippen LogP contribution in [0.2, 0.25) is 0 Å². The molecular weight excluding hydrogens is 150 g/mol. The molecule has 0 atom stereocenters. The van der Waals surface area contributed by atoms with Gasteiger partial charge in [0.15, 0.2) is 0 Å². The summed E-state index contributed by atoms with van der Waals surface area (Å²) < 4.78 is 4.97. The van der Waals surface area contributed by atoms with Gasteiger partial charge in [-0.3, -0.25) is 4.72 Å². The van der Waals surface area contributed by atoms with Gasteiger partial charge >= 0.3 is 0 Å². The summed E-state index contributed by atoms with van der Waals surface area (Å²) in [6, 6.07) is 0.731. The molecule has 0 heterocycles. The maximum atomic E-state index is 4.66. The van der Waals surface area contributed by atoms with Crippen molar-refractivity contribution in [1.29, 1.82) is 0 Å². The maximum absolute atomic E-state index is 4.66. The van der Waals surface area contributed by atoms with Gasteiger partial charge in [-0.05, 0) is 24.8 Å². The van der Waals surface area contributed by atoms with Crippen molar-refractivity contribution >= 4 is 28.9 Å². The van der Waals surface area contributed by atoms with Crippen molar-refractivity contribution < 1.29 is 0 Å². The zero-order chi connectivity index (χ0) is 6.53. The minimum atomic E-state index is 0.731. The molecule has 1 rings (SSSR count). The lowest BCUT2D eigenvalue weighted by Gasteiger charge is -2.06. The molecule has 0 aromatic carbocycles. The molecule has 0 aromatic heterocycles. The summed E-state index contributed by atoms with van der Waals surface area (Å²) in [6.45, 7) is 0. The summed E-state index contributed by atoms with van der Waals surface area (Å²) in [5.74, 6) is 0. The number of hydrogen-bond donors (Lipinski definition) is 1. The van der Waals surface area contributed by atoms with E-state index in [9.17, 15) is 0 Å². The van der Waals surface area contributed by atoms with Crippen LogP contribution < -0.4 is 4.72 Å². The molecule has 3 heteroatoms. The van der Waals surface area contributed by atoms with E-state index in [1.54, 1.807) is 16.6 Å². The molecule has 0 bridgehead atoms. The van der Waals surface area contributed by atoms with Gasteiger partial charge in [-0.15, -0.1) is 0 Å². The quantitative estimate of drug-likeness (QED) is 0.503. The van der Waals surface area contributed by atoms with Crippen LogP contribution in [0.4, 0.5) is 0 Å². The predicted molar refractivity (Wildman–Crippen MR) is 46.6 cm³/mol. The smallest absolute Gasteiger partial charge is 0.0497 e. The van der Waals surface area contributed by atoms with Gasteiger partial charge in [0, 0.05) is 10.7 Å². The molecule has 52 valence electrons. The van der Waals surface area contributed by atoms with Crippen molar-refractivity contribution in [3.63, 3.8) is 0 Å². The first kappa shape index (κ1) is 7.51. The number of hydrogen-bond acceptors (Lipinski definition) is 3. The second kappa shape index (κ2) is 4.25. The van der Waals surface area contributed by atoms with Crippen molar-refractivity contribution in [3.8, 4) is 0 Å². The molecule has 0 aliphatic heterocycles. The molecule has 0 spiro atoms. The Morgan fingerprint density at radius 3 is 2.67 bits per heavy atom. The van der Waals surface area contributed by atoms with Crippen LogP contribution in [-0.2, 0) is 0 Å². The molecule has 0 amide bonds. The largest absolute Gasteiger partial charge is 0.257 e. The monoisotopic (exact) mass is 161 g/mol. The molecule has 9 heavy (non-hydrogen) atoms. The molecule has 0 radical (unpaired) electrons. The molecule has 1 N–H and O–H groups in total. The van der Waals surface area contributed by atoms with Crippen molar-refractivity contribution in [2.75, 3.05) is 0 Å². The number of thiocarbonyl (C=S) groups is 1. The van der Waals surface area contributed by atoms with Crippen LogP contribution in [0.3, 0.4) is 0 Å². The van der Waals surface area contributed by atoms with E-state index >= 15 is 0 Å². The van der Waals surface area contributed by atoms with E-state index in [4.69, 9.17) is 0 Å². The fourth-order valence-electron chi connectivity index (χ4n) is 1.17. The highest BCUT2D eigenvalue weighted by Crippen LogP contribution is 2.18. The fraction of sp³-hybridized carbons (Fsp3) is 0.833. The van der Waals surface area contributed by atoms with Crippen molar-refractivity contribution in [2.24, 2.45) is 0 Å². The minimum absolute atomic E-state index is 0.731. The lowest BCUT2D eigenvalue weighted by atomic mass is 10.3. The van der Waals surface area contributed by atoms with Gasteiger partial charge in [0.1, 0.15) is 0 Å². The molecule has 1 aliphatic carbocycles. The molecule has 0 saturated heterocycles. The second-order valence-electron chi connectivity index (χ2n) is 2.31. The maximum Gasteiger partial charge on any atom is 0.0497 e. The second-order valence-corrected chi connectivity index (χ2v) is 3.55. The Balaban J connectivity index is 2.04. The molecule has 1 aliphatic rings. The Bertz CT molecular complexity index is 89.1. The van der Waals surface area contributed by atoms with Gasteiger partial charge in [0.25, 0.3) is 0 Å². The topological polar surface area (TPSA) is 12.0 Å². The van der Waals surface area contributed by atoms with E-state index < -0.39 is 0 Å². The van der Waals surface area contributed by atoms with Crippen LogP contribution in [0.5, 0.6) is 0 Å². The third-order valence-corrected chi connectivity index (χ3v) is 2.49. The normalized spacial score (nSPS) is 20.4. The van der Waals surface area contributed by atoms with Crippen molar-refractivity contribution in [2.45, 2.75) is 31.7 Å². The van der Waals surface area contributed by atoms with Crippen LogP contribution in [0.1, 0.15) is 25.7 Å². The number of nitrogens with one attached hydrogen (secondary N) is 1. The Hall–Kier alpha value is 0.400. The highest BCUT2D eigenvalue weighted by molar-refractivity contribution is 8.19. The molecule has 1 nitrogen and oxygen atoms in total. The van der Waals surface area contributed by atoms with Gasteiger partial charge in [-0.25, -0.2) is 0 Å². The fourth-order valence-corrected chi connectivity index (χ4v) is 1.82. The van der Waals surface area contributed by atoms with E-state index in [1.807, 2.05) is 0 Å². The van der Waals surface area contributed by atoms with Gasteiger partial charge in [0.05, 0.1) is 0 Å². The molecular formula is C6H11NS2. The van der Waals surface area contributed by atoms with Gasteiger partial charge in [-0.1, -0.05) is 25.1 Å². The van der Waals surface area contributed by atoms with Crippen LogP contribution in [0.15, 0.2) is 0 Å². The average molecular weight is 161 g/mol. The van der Waals surface area contributed by atoms with Crippen LogP contribution >= 0.6 is 24.2 Å².